The van der Waals surface area contributed by atoms with Crippen LogP contribution in [0.3, 0.4) is 0 Å². The van der Waals surface area contributed by atoms with Crippen LogP contribution < -0.4 is 45.1 Å². The van der Waals surface area contributed by atoms with Crippen LogP contribution in [0.2, 0.25) is 0 Å². The minimum atomic E-state index is -1.40. The maximum atomic E-state index is 11.3. The van der Waals surface area contributed by atoms with E-state index >= 15 is 0 Å². The summed E-state index contributed by atoms with van der Waals surface area (Å²) < 4.78 is 4.76. The molecule has 2 rings (SSSR count). The molecule has 0 fully saturated rings. The Bertz CT molecular complexity index is 725. The van der Waals surface area contributed by atoms with E-state index in [9.17, 15) is 15.0 Å². The first-order chi connectivity index (χ1) is 10.7. The largest absolute Gasteiger partial charge is 1.00 e. The molecule has 24 heavy (non-hydrogen) atoms. The molecular formula is C15H11I3NNaO4. The van der Waals surface area contributed by atoms with Gasteiger partial charge < -0.3 is 20.7 Å². The topological polar surface area (TPSA) is 95.6 Å². The van der Waals surface area contributed by atoms with E-state index in [2.05, 4.69) is 22.6 Å². The van der Waals surface area contributed by atoms with Gasteiger partial charge in [-0.25, -0.2) is 4.79 Å². The Morgan fingerprint density at radius 1 is 1.25 bits per heavy atom. The maximum Gasteiger partial charge on any atom is 1.00 e. The second-order valence-corrected chi connectivity index (χ2v) is 8.89. The van der Waals surface area contributed by atoms with Crippen molar-refractivity contribution < 1.29 is 49.3 Å². The molecule has 2 aromatic carbocycles. The maximum absolute atomic E-state index is 11.3. The van der Waals surface area contributed by atoms with Crippen LogP contribution in [0, 0.1) is 3.57 Å². The van der Waals surface area contributed by atoms with Crippen LogP contribution >= 0.6 is 67.8 Å². The Balaban J connectivity index is 0.00000288. The average Bonchev–Trinajstić information content (AvgIpc) is 2.50. The molecular weight excluding hydrogens is 662 g/mol. The fourth-order valence-electron chi connectivity index (χ4n) is 1.74. The number of ether oxygens (including phenoxy) is 1. The third-order valence-electron chi connectivity index (χ3n) is 3.00. The number of halogens is 3. The summed E-state index contributed by atoms with van der Waals surface area (Å²) in [5, 5.41) is 20.3. The third-order valence-corrected chi connectivity index (χ3v) is 7.82. The van der Waals surface area contributed by atoms with Crippen LogP contribution in [-0.2, 0) is 4.79 Å². The summed E-state index contributed by atoms with van der Waals surface area (Å²) in [5.41, 5.74) is 6.68. The molecule has 2 aromatic rings. The number of benzene rings is 2. The molecule has 0 saturated carbocycles. The van der Waals surface area contributed by atoms with E-state index in [0.29, 0.717) is 11.5 Å². The van der Waals surface area contributed by atoms with Gasteiger partial charge >= 0.3 is 35.5 Å². The second kappa shape index (κ2) is 9.55. The fraction of sp³-hybridized carbons (Fsp3) is 0.133. The average molecular weight is 673 g/mol. The predicted octanol–water partition coefficient (Wildman–Crippen LogP) is 0.812. The Morgan fingerprint density at radius 2 is 1.83 bits per heavy atom. The van der Waals surface area contributed by atoms with Gasteiger partial charge in [-0.15, -0.1) is 5.75 Å². The monoisotopic (exact) mass is 673 g/mol. The predicted molar refractivity (Wildman–Crippen MR) is 110 cm³/mol. The van der Waals surface area contributed by atoms with Crippen LogP contribution in [0.25, 0.3) is 0 Å². The standard InChI is InChI=1S/C15H12I3NO4.Na/c16-11-7-8(13(17)15(18,19)14(21)22)1-6-12(11)23-10-4-2-9(20)3-5-10;/h1-7,13,20H,19H2,(H,21,22);/q;+1/p-1/t13-,15-;/m0./s1. The van der Waals surface area contributed by atoms with Crippen molar-refractivity contribution in [2.75, 3.05) is 0 Å². The van der Waals surface area contributed by atoms with Gasteiger partial charge in [0, 0.05) is 0 Å². The summed E-state index contributed by atoms with van der Waals surface area (Å²) in [6.45, 7) is 0. The number of nitrogens with two attached hydrogens (primary N) is 1. The van der Waals surface area contributed by atoms with Gasteiger partial charge in [-0.05, 0) is 75.0 Å². The molecule has 0 aliphatic rings. The van der Waals surface area contributed by atoms with Crippen molar-refractivity contribution in [3.05, 3.63) is 51.6 Å². The van der Waals surface area contributed by atoms with Crippen molar-refractivity contribution in [3.63, 3.8) is 0 Å². The number of carboxylic acids is 1. The minimum Gasteiger partial charge on any atom is -0.872 e. The molecule has 0 amide bonds. The van der Waals surface area contributed by atoms with Gasteiger partial charge in [-0.1, -0.05) is 40.8 Å². The van der Waals surface area contributed by atoms with E-state index in [-0.39, 0.29) is 35.3 Å². The van der Waals surface area contributed by atoms with Gasteiger partial charge in [-0.3, -0.25) is 0 Å². The first kappa shape index (κ1) is 22.7. The van der Waals surface area contributed by atoms with E-state index in [1.807, 2.05) is 28.7 Å². The van der Waals surface area contributed by atoms with Gasteiger partial charge in [-0.2, -0.15) is 0 Å². The molecule has 0 bridgehead atoms. The Morgan fingerprint density at radius 3 is 2.33 bits per heavy atom. The van der Waals surface area contributed by atoms with Gasteiger partial charge in [0.2, 0.25) is 0 Å². The summed E-state index contributed by atoms with van der Waals surface area (Å²) in [7, 11) is 0. The van der Waals surface area contributed by atoms with Crippen molar-refractivity contribution in [2.24, 2.45) is 5.73 Å². The van der Waals surface area contributed by atoms with Gasteiger partial charge in [0.15, 0.2) is 3.55 Å². The number of carbonyl (C=O) groups is 1. The first-order valence-corrected chi connectivity index (χ1v) is 9.71. The number of hydrogen-bond acceptors (Lipinski definition) is 4. The zero-order valence-electron chi connectivity index (χ0n) is 12.5. The Hall–Kier alpha value is 0.660. The summed E-state index contributed by atoms with van der Waals surface area (Å²) in [4.78, 5) is 11.3. The zero-order chi connectivity index (χ0) is 17.2. The van der Waals surface area contributed by atoms with Crippen molar-refractivity contribution in [3.8, 4) is 17.2 Å². The molecule has 0 heterocycles. The molecule has 3 N–H and O–H groups in total. The van der Waals surface area contributed by atoms with Crippen LogP contribution in [-0.4, -0.2) is 14.6 Å². The molecule has 9 heteroatoms. The van der Waals surface area contributed by atoms with E-state index in [0.717, 1.165) is 9.13 Å². The molecule has 0 aliphatic carbocycles. The van der Waals surface area contributed by atoms with E-state index in [1.54, 1.807) is 46.9 Å². The number of carboxylic acid groups (broad SMARTS) is 1. The van der Waals surface area contributed by atoms with E-state index < -0.39 is 13.4 Å². The summed E-state index contributed by atoms with van der Waals surface area (Å²) in [5.74, 6) is 0.0487. The molecule has 2 atom stereocenters. The van der Waals surface area contributed by atoms with Crippen LogP contribution in [0.15, 0.2) is 42.5 Å². The van der Waals surface area contributed by atoms with Crippen LogP contribution in [0.5, 0.6) is 17.2 Å². The first-order valence-electron chi connectivity index (χ1n) is 6.31. The number of aliphatic carboxylic acids is 1. The molecule has 0 radical (unpaired) electrons. The number of rotatable bonds is 5. The second-order valence-electron chi connectivity index (χ2n) is 4.70. The smallest absolute Gasteiger partial charge is 0.872 e. The molecule has 122 valence electrons. The quantitative estimate of drug-likeness (QED) is 0.212. The Labute approximate surface area is 202 Å². The molecule has 0 aliphatic heterocycles. The van der Waals surface area contributed by atoms with E-state index in [1.165, 1.54) is 12.1 Å². The fourth-order valence-corrected chi connectivity index (χ4v) is 3.41. The van der Waals surface area contributed by atoms with E-state index in [4.69, 9.17) is 10.5 Å². The summed E-state index contributed by atoms with van der Waals surface area (Å²) in [6.07, 6.45) is 0. The van der Waals surface area contributed by atoms with Gasteiger partial charge in [0.25, 0.3) is 0 Å². The van der Waals surface area contributed by atoms with Crippen molar-refractivity contribution in [1.29, 1.82) is 0 Å². The van der Waals surface area contributed by atoms with Crippen molar-refractivity contribution >= 4 is 73.7 Å². The summed E-state index contributed by atoms with van der Waals surface area (Å²) in [6, 6.07) is 11.5. The SMILES string of the molecule is N[C@](I)(C(=O)O)[C@@H](I)c1ccc(Oc2ccc([O-])cc2)c(I)c1.[Na+]. The van der Waals surface area contributed by atoms with Crippen molar-refractivity contribution in [2.45, 2.75) is 7.47 Å². The van der Waals surface area contributed by atoms with Crippen LogP contribution in [0.1, 0.15) is 9.49 Å². The third kappa shape index (κ3) is 5.58. The Kier molecular flexibility index (Phi) is 9.04. The molecule has 0 aromatic heterocycles. The normalized spacial score (nSPS) is 14.2. The zero-order valence-corrected chi connectivity index (χ0v) is 21.0. The summed E-state index contributed by atoms with van der Waals surface area (Å²) >= 11 is 5.89. The van der Waals surface area contributed by atoms with Crippen molar-refractivity contribution in [1.82, 2.24) is 0 Å². The molecule has 0 spiro atoms. The molecule has 0 saturated heterocycles. The van der Waals surface area contributed by atoms with Gasteiger partial charge in [0.1, 0.15) is 11.5 Å². The van der Waals surface area contributed by atoms with Gasteiger partial charge in [0.05, 0.1) is 7.49 Å². The molecule has 0 unspecified atom stereocenters. The molecule has 5 nitrogen and oxygen atoms in total. The minimum absolute atomic E-state index is 0. The number of hydrogen-bond donors (Lipinski definition) is 2. The van der Waals surface area contributed by atoms with Crippen LogP contribution in [0.4, 0.5) is 0 Å². The number of alkyl halides is 2.